The van der Waals surface area contributed by atoms with Crippen molar-refractivity contribution < 1.29 is 14.3 Å². The van der Waals surface area contributed by atoms with Gasteiger partial charge in [-0.3, -0.25) is 4.79 Å². The van der Waals surface area contributed by atoms with Crippen LogP contribution < -0.4 is 20.6 Å². The SMILES string of the molecule is CCOc1cc(/C=N\NC(=O)c2ccc(N)cc2)ccc1OCc1cccc(Cl)c1. The summed E-state index contributed by atoms with van der Waals surface area (Å²) in [4.78, 5) is 12.1. The summed E-state index contributed by atoms with van der Waals surface area (Å²) >= 11 is 6.01. The third-order valence-electron chi connectivity index (χ3n) is 4.10. The number of hydrogen-bond donors (Lipinski definition) is 2. The molecule has 3 rings (SSSR count). The molecule has 0 unspecified atom stereocenters. The van der Waals surface area contributed by atoms with E-state index >= 15 is 0 Å². The molecule has 3 aromatic carbocycles. The smallest absolute Gasteiger partial charge is 0.271 e. The predicted molar refractivity (Wildman–Crippen MR) is 119 cm³/mol. The maximum Gasteiger partial charge on any atom is 0.271 e. The standard InChI is InChI=1S/C23H22ClN3O3/c1-2-29-22-13-16(14-26-27-23(28)18-7-9-20(25)10-8-18)6-11-21(22)30-15-17-4-3-5-19(24)12-17/h3-14H,2,15,25H2,1H3,(H,27,28)/b26-14-. The average molecular weight is 424 g/mol. The molecule has 0 aliphatic carbocycles. The zero-order chi connectivity index (χ0) is 21.3. The second-order valence-electron chi connectivity index (χ2n) is 6.38. The number of amides is 1. The van der Waals surface area contributed by atoms with Gasteiger partial charge in [0.2, 0.25) is 0 Å². The first-order chi connectivity index (χ1) is 14.5. The minimum Gasteiger partial charge on any atom is -0.490 e. The summed E-state index contributed by atoms with van der Waals surface area (Å²) in [6.45, 7) is 2.75. The summed E-state index contributed by atoms with van der Waals surface area (Å²) in [5, 5.41) is 4.67. The number of nitrogen functional groups attached to an aromatic ring is 1. The molecule has 3 aromatic rings. The van der Waals surface area contributed by atoms with E-state index in [1.165, 1.54) is 0 Å². The number of ether oxygens (including phenoxy) is 2. The molecule has 7 heteroatoms. The normalized spacial score (nSPS) is 10.7. The number of nitrogens with zero attached hydrogens (tertiary/aromatic N) is 1. The molecule has 0 spiro atoms. The summed E-state index contributed by atoms with van der Waals surface area (Å²) in [6, 6.07) is 19.5. The Hall–Kier alpha value is -3.51. The number of carbonyl (C=O) groups excluding carboxylic acids is 1. The highest BCUT2D eigenvalue weighted by Crippen LogP contribution is 2.29. The van der Waals surface area contributed by atoms with E-state index < -0.39 is 0 Å². The molecule has 0 aromatic heterocycles. The minimum atomic E-state index is -0.322. The molecular weight excluding hydrogens is 402 g/mol. The second-order valence-corrected chi connectivity index (χ2v) is 6.82. The molecule has 3 N–H and O–H groups in total. The molecule has 0 aliphatic rings. The molecule has 0 aliphatic heterocycles. The van der Waals surface area contributed by atoms with Gasteiger partial charge in [-0.1, -0.05) is 23.7 Å². The summed E-state index contributed by atoms with van der Waals surface area (Å²) < 4.78 is 11.6. The first kappa shape index (κ1) is 21.2. The van der Waals surface area contributed by atoms with Gasteiger partial charge in [-0.05, 0) is 72.6 Å². The van der Waals surface area contributed by atoms with Gasteiger partial charge in [-0.15, -0.1) is 0 Å². The number of benzene rings is 3. The van der Waals surface area contributed by atoms with Crippen LogP contribution in [0.3, 0.4) is 0 Å². The Morgan fingerprint density at radius 2 is 1.87 bits per heavy atom. The zero-order valence-corrected chi connectivity index (χ0v) is 17.2. The zero-order valence-electron chi connectivity index (χ0n) is 16.5. The van der Waals surface area contributed by atoms with Crippen molar-refractivity contribution in [1.82, 2.24) is 5.43 Å². The lowest BCUT2D eigenvalue weighted by Gasteiger charge is -2.12. The van der Waals surface area contributed by atoms with Gasteiger partial charge >= 0.3 is 0 Å². The number of anilines is 1. The number of halogens is 1. The quantitative estimate of drug-likeness (QED) is 0.313. The van der Waals surface area contributed by atoms with Crippen molar-refractivity contribution in [1.29, 1.82) is 0 Å². The van der Waals surface area contributed by atoms with E-state index in [2.05, 4.69) is 10.5 Å². The largest absolute Gasteiger partial charge is 0.490 e. The molecule has 0 saturated heterocycles. The Bertz CT molecular complexity index is 1040. The maximum atomic E-state index is 12.1. The first-order valence-corrected chi connectivity index (χ1v) is 9.76. The van der Waals surface area contributed by atoms with E-state index in [1.54, 1.807) is 42.6 Å². The van der Waals surface area contributed by atoms with E-state index in [-0.39, 0.29) is 5.91 Å². The maximum absolute atomic E-state index is 12.1. The van der Waals surface area contributed by atoms with Crippen molar-refractivity contribution in [3.63, 3.8) is 0 Å². The van der Waals surface area contributed by atoms with Crippen LogP contribution in [0.2, 0.25) is 5.02 Å². The molecular formula is C23H22ClN3O3. The van der Waals surface area contributed by atoms with Gasteiger partial charge in [-0.2, -0.15) is 5.10 Å². The number of hydrogen-bond acceptors (Lipinski definition) is 5. The molecule has 154 valence electrons. The fraction of sp³-hybridized carbons (Fsp3) is 0.130. The summed E-state index contributed by atoms with van der Waals surface area (Å²) in [5.41, 5.74) is 10.9. The Morgan fingerprint density at radius 3 is 2.60 bits per heavy atom. The molecule has 30 heavy (non-hydrogen) atoms. The Labute approximate surface area is 180 Å². The van der Waals surface area contributed by atoms with Gasteiger partial charge in [0.15, 0.2) is 11.5 Å². The average Bonchev–Trinajstić information content (AvgIpc) is 2.74. The van der Waals surface area contributed by atoms with Crippen molar-refractivity contribution in [2.75, 3.05) is 12.3 Å². The van der Waals surface area contributed by atoms with Crippen molar-refractivity contribution in [3.8, 4) is 11.5 Å². The Morgan fingerprint density at radius 1 is 1.07 bits per heavy atom. The van der Waals surface area contributed by atoms with Crippen molar-refractivity contribution in [2.24, 2.45) is 5.10 Å². The second kappa shape index (κ2) is 10.3. The molecule has 0 atom stereocenters. The molecule has 0 fully saturated rings. The van der Waals surface area contributed by atoms with E-state index in [9.17, 15) is 4.79 Å². The molecule has 6 nitrogen and oxygen atoms in total. The van der Waals surface area contributed by atoms with E-state index in [1.807, 2.05) is 37.3 Å². The van der Waals surface area contributed by atoms with Crippen LogP contribution >= 0.6 is 11.6 Å². The fourth-order valence-corrected chi connectivity index (χ4v) is 2.86. The van der Waals surface area contributed by atoms with Crippen molar-refractivity contribution >= 4 is 29.4 Å². The molecule has 0 saturated carbocycles. The van der Waals surface area contributed by atoms with Crippen LogP contribution in [0.4, 0.5) is 5.69 Å². The van der Waals surface area contributed by atoms with Crippen molar-refractivity contribution in [3.05, 3.63) is 88.4 Å². The minimum absolute atomic E-state index is 0.322. The summed E-state index contributed by atoms with van der Waals surface area (Å²) in [7, 11) is 0. The lowest BCUT2D eigenvalue weighted by Crippen LogP contribution is -2.17. The van der Waals surface area contributed by atoms with E-state index in [0.717, 1.165) is 11.1 Å². The molecule has 0 radical (unpaired) electrons. The van der Waals surface area contributed by atoms with Gasteiger partial charge in [0.05, 0.1) is 12.8 Å². The lowest BCUT2D eigenvalue weighted by atomic mass is 10.2. The molecule has 0 heterocycles. The third-order valence-corrected chi connectivity index (χ3v) is 4.34. The van der Waals surface area contributed by atoms with E-state index in [4.69, 9.17) is 26.8 Å². The van der Waals surface area contributed by atoms with Crippen molar-refractivity contribution in [2.45, 2.75) is 13.5 Å². The van der Waals surface area contributed by atoms with E-state index in [0.29, 0.717) is 41.0 Å². The predicted octanol–water partition coefficient (Wildman–Crippen LogP) is 4.66. The number of rotatable bonds is 8. The third kappa shape index (κ3) is 5.99. The van der Waals surface area contributed by atoms with Gasteiger partial charge < -0.3 is 15.2 Å². The van der Waals surface area contributed by atoms with Crippen LogP contribution in [-0.2, 0) is 6.61 Å². The molecule has 1 amide bonds. The fourth-order valence-electron chi connectivity index (χ4n) is 2.64. The number of nitrogens with one attached hydrogen (secondary N) is 1. The monoisotopic (exact) mass is 423 g/mol. The van der Waals surface area contributed by atoms with Crippen LogP contribution in [0.5, 0.6) is 11.5 Å². The van der Waals surface area contributed by atoms with Crippen LogP contribution in [0.25, 0.3) is 0 Å². The van der Waals surface area contributed by atoms with Crippen LogP contribution in [0.15, 0.2) is 71.8 Å². The highest BCUT2D eigenvalue weighted by molar-refractivity contribution is 6.30. The summed E-state index contributed by atoms with van der Waals surface area (Å²) in [6.07, 6.45) is 1.54. The van der Waals surface area contributed by atoms with Crippen LogP contribution in [0, 0.1) is 0 Å². The van der Waals surface area contributed by atoms with Crippen LogP contribution in [-0.4, -0.2) is 18.7 Å². The Kier molecular flexibility index (Phi) is 7.29. The summed E-state index contributed by atoms with van der Waals surface area (Å²) in [5.74, 6) is 0.881. The topological polar surface area (TPSA) is 85.9 Å². The highest BCUT2D eigenvalue weighted by Gasteiger charge is 2.07. The highest BCUT2D eigenvalue weighted by atomic mass is 35.5. The van der Waals surface area contributed by atoms with Gasteiger partial charge in [0.25, 0.3) is 5.91 Å². The Balaban J connectivity index is 1.65. The van der Waals surface area contributed by atoms with Gasteiger partial charge in [-0.25, -0.2) is 5.43 Å². The first-order valence-electron chi connectivity index (χ1n) is 9.38. The van der Waals surface area contributed by atoms with Crippen LogP contribution in [0.1, 0.15) is 28.4 Å². The van der Waals surface area contributed by atoms with Gasteiger partial charge in [0.1, 0.15) is 6.61 Å². The number of hydrazone groups is 1. The van der Waals surface area contributed by atoms with Gasteiger partial charge in [0, 0.05) is 16.3 Å². The molecule has 0 bridgehead atoms. The number of nitrogens with two attached hydrogens (primary N) is 1. The number of carbonyl (C=O) groups is 1. The lowest BCUT2D eigenvalue weighted by molar-refractivity contribution is 0.0955.